The second kappa shape index (κ2) is 11.2. The fraction of sp³-hybridized carbons (Fsp3) is 0.400. The first-order chi connectivity index (χ1) is 20.2. The maximum absolute atomic E-state index is 12.2. The molecule has 0 spiro atoms. The van der Waals surface area contributed by atoms with Crippen molar-refractivity contribution in [2.24, 2.45) is 0 Å². The Hall–Kier alpha value is -4.38. The lowest BCUT2D eigenvalue weighted by atomic mass is 10.0. The van der Waals surface area contributed by atoms with Crippen molar-refractivity contribution >= 4 is 34.5 Å². The molecule has 11 heteroatoms. The van der Waals surface area contributed by atoms with E-state index >= 15 is 0 Å². The number of aromatic nitrogens is 4. The molecule has 2 saturated heterocycles. The first kappa shape index (κ1) is 25.6. The SMILES string of the molecule is O=C1CCCN1CCn1cnc2c(Nc3ccc4c(c3)OCO4)nc(NC3CCN(Cc4ccccc4)CC3)nc21. The summed E-state index contributed by atoms with van der Waals surface area (Å²) in [6.07, 6.45) is 5.36. The molecule has 2 aromatic heterocycles. The summed E-state index contributed by atoms with van der Waals surface area (Å²) >= 11 is 0. The van der Waals surface area contributed by atoms with Gasteiger partial charge in [0.2, 0.25) is 18.6 Å². The molecule has 4 aromatic rings. The van der Waals surface area contributed by atoms with E-state index in [2.05, 4.69) is 50.8 Å². The van der Waals surface area contributed by atoms with Crippen LogP contribution in [0.25, 0.3) is 11.2 Å². The van der Waals surface area contributed by atoms with Crippen LogP contribution in [0.5, 0.6) is 11.5 Å². The molecule has 0 saturated carbocycles. The van der Waals surface area contributed by atoms with E-state index in [0.29, 0.717) is 42.5 Å². The summed E-state index contributed by atoms with van der Waals surface area (Å²) in [4.78, 5) is 31.0. The van der Waals surface area contributed by atoms with Crippen molar-refractivity contribution in [3.63, 3.8) is 0 Å². The van der Waals surface area contributed by atoms with Crippen LogP contribution in [-0.2, 0) is 17.9 Å². The third-order valence-corrected chi connectivity index (χ3v) is 8.05. The number of amides is 1. The van der Waals surface area contributed by atoms with Gasteiger partial charge < -0.3 is 29.6 Å². The zero-order valence-corrected chi connectivity index (χ0v) is 23.0. The van der Waals surface area contributed by atoms with Crippen LogP contribution in [0.2, 0.25) is 0 Å². The van der Waals surface area contributed by atoms with E-state index in [4.69, 9.17) is 19.4 Å². The van der Waals surface area contributed by atoms with Gasteiger partial charge in [-0.25, -0.2) is 4.98 Å². The molecule has 2 N–H and O–H groups in total. The van der Waals surface area contributed by atoms with Gasteiger partial charge in [0.25, 0.3) is 0 Å². The van der Waals surface area contributed by atoms with Gasteiger partial charge in [0, 0.05) is 63.5 Å². The average Bonchev–Trinajstić information content (AvgIpc) is 3.73. The van der Waals surface area contributed by atoms with Gasteiger partial charge in [0.1, 0.15) is 0 Å². The molecule has 3 aliphatic heterocycles. The second-order valence-corrected chi connectivity index (χ2v) is 10.9. The maximum Gasteiger partial charge on any atom is 0.231 e. The van der Waals surface area contributed by atoms with E-state index in [0.717, 1.165) is 62.5 Å². The Balaban J connectivity index is 1.11. The Labute approximate surface area is 238 Å². The Morgan fingerprint density at radius 2 is 1.80 bits per heavy atom. The average molecular weight is 555 g/mol. The standard InChI is InChI=1S/C30H34N8O3/c39-26-7-4-12-37(26)15-16-38-19-31-27-28(32-23-8-9-24-25(17-23)41-20-40-24)34-30(35-29(27)38)33-22-10-13-36(14-11-22)18-21-5-2-1-3-6-21/h1-3,5-6,8-9,17,19,22H,4,7,10-16,18,20H2,(H2,32,33,34,35). The van der Waals surface area contributed by atoms with E-state index in [1.807, 2.05) is 27.7 Å². The van der Waals surface area contributed by atoms with Crippen molar-refractivity contribution in [3.8, 4) is 11.5 Å². The number of hydrogen-bond acceptors (Lipinski definition) is 9. The molecular weight excluding hydrogens is 520 g/mol. The quantitative estimate of drug-likeness (QED) is 0.317. The van der Waals surface area contributed by atoms with Crippen molar-refractivity contribution in [2.75, 3.05) is 43.6 Å². The van der Waals surface area contributed by atoms with E-state index < -0.39 is 0 Å². The number of nitrogens with zero attached hydrogens (tertiary/aromatic N) is 6. The van der Waals surface area contributed by atoms with Gasteiger partial charge in [-0.15, -0.1) is 0 Å². The minimum Gasteiger partial charge on any atom is -0.454 e. The highest BCUT2D eigenvalue weighted by Crippen LogP contribution is 2.36. The molecule has 0 radical (unpaired) electrons. The highest BCUT2D eigenvalue weighted by molar-refractivity contribution is 5.87. The van der Waals surface area contributed by atoms with Crippen LogP contribution in [0.1, 0.15) is 31.2 Å². The molecule has 0 aliphatic carbocycles. The van der Waals surface area contributed by atoms with Crippen LogP contribution in [0, 0.1) is 0 Å². The molecule has 3 aliphatic rings. The summed E-state index contributed by atoms with van der Waals surface area (Å²) in [5.41, 5.74) is 3.58. The smallest absolute Gasteiger partial charge is 0.231 e. The lowest BCUT2D eigenvalue weighted by molar-refractivity contribution is -0.127. The Kier molecular flexibility index (Phi) is 7.01. The fourth-order valence-corrected chi connectivity index (χ4v) is 5.80. The molecule has 1 amide bonds. The Morgan fingerprint density at radius 3 is 2.63 bits per heavy atom. The number of piperidine rings is 1. The number of nitrogens with one attached hydrogen (secondary N) is 2. The normalized spacial score (nSPS) is 17.5. The van der Waals surface area contributed by atoms with Gasteiger partial charge in [-0.05, 0) is 37.0 Å². The minimum atomic E-state index is 0.218. The summed E-state index contributed by atoms with van der Waals surface area (Å²) in [5.74, 6) is 2.83. The van der Waals surface area contributed by atoms with E-state index in [1.165, 1.54) is 5.56 Å². The van der Waals surface area contributed by atoms with Gasteiger partial charge in [-0.2, -0.15) is 9.97 Å². The highest BCUT2D eigenvalue weighted by atomic mass is 16.7. The zero-order valence-electron chi connectivity index (χ0n) is 23.0. The van der Waals surface area contributed by atoms with Crippen molar-refractivity contribution < 1.29 is 14.3 Å². The second-order valence-electron chi connectivity index (χ2n) is 10.9. The largest absolute Gasteiger partial charge is 0.454 e. The monoisotopic (exact) mass is 554 g/mol. The minimum absolute atomic E-state index is 0.218. The van der Waals surface area contributed by atoms with E-state index in [1.54, 1.807) is 6.33 Å². The van der Waals surface area contributed by atoms with Crippen molar-refractivity contribution in [1.29, 1.82) is 0 Å². The van der Waals surface area contributed by atoms with Crippen LogP contribution >= 0.6 is 0 Å². The maximum atomic E-state index is 12.2. The molecule has 5 heterocycles. The number of ether oxygens (including phenoxy) is 2. The van der Waals surface area contributed by atoms with Crippen LogP contribution in [-0.4, -0.2) is 74.2 Å². The zero-order chi connectivity index (χ0) is 27.6. The molecule has 11 nitrogen and oxygen atoms in total. The molecule has 212 valence electrons. The van der Waals surface area contributed by atoms with Crippen molar-refractivity contribution in [3.05, 3.63) is 60.4 Å². The fourth-order valence-electron chi connectivity index (χ4n) is 5.80. The number of anilines is 3. The number of imidazole rings is 1. The highest BCUT2D eigenvalue weighted by Gasteiger charge is 2.23. The summed E-state index contributed by atoms with van der Waals surface area (Å²) in [7, 11) is 0. The van der Waals surface area contributed by atoms with Crippen LogP contribution < -0.4 is 20.1 Å². The number of hydrogen-bond donors (Lipinski definition) is 2. The molecule has 0 atom stereocenters. The Morgan fingerprint density at radius 1 is 0.951 bits per heavy atom. The third-order valence-electron chi connectivity index (χ3n) is 8.05. The molecule has 2 aromatic carbocycles. The first-order valence-corrected chi connectivity index (χ1v) is 14.4. The number of likely N-dealkylation sites (tertiary alicyclic amines) is 2. The number of benzene rings is 2. The molecule has 2 fully saturated rings. The Bertz CT molecular complexity index is 1530. The van der Waals surface area contributed by atoms with Gasteiger partial charge in [-0.3, -0.25) is 9.69 Å². The third kappa shape index (κ3) is 5.62. The lowest BCUT2D eigenvalue weighted by Crippen LogP contribution is -2.39. The van der Waals surface area contributed by atoms with Gasteiger partial charge in [-0.1, -0.05) is 30.3 Å². The predicted molar refractivity (Wildman–Crippen MR) is 155 cm³/mol. The van der Waals surface area contributed by atoms with Gasteiger partial charge in [0.15, 0.2) is 28.5 Å². The molecular formula is C30H34N8O3. The van der Waals surface area contributed by atoms with Gasteiger partial charge in [0.05, 0.1) is 6.33 Å². The topological polar surface area (TPSA) is 110 Å². The molecule has 0 unspecified atom stereocenters. The van der Waals surface area contributed by atoms with Crippen LogP contribution in [0.3, 0.4) is 0 Å². The lowest BCUT2D eigenvalue weighted by Gasteiger charge is -2.32. The molecule has 41 heavy (non-hydrogen) atoms. The number of fused-ring (bicyclic) bond motifs is 2. The number of rotatable bonds is 9. The van der Waals surface area contributed by atoms with E-state index in [9.17, 15) is 4.79 Å². The first-order valence-electron chi connectivity index (χ1n) is 14.4. The summed E-state index contributed by atoms with van der Waals surface area (Å²) in [5, 5.41) is 7.04. The van der Waals surface area contributed by atoms with E-state index in [-0.39, 0.29) is 18.7 Å². The van der Waals surface area contributed by atoms with Crippen molar-refractivity contribution in [1.82, 2.24) is 29.3 Å². The number of carbonyl (C=O) groups is 1. The van der Waals surface area contributed by atoms with Crippen LogP contribution in [0.15, 0.2) is 54.9 Å². The number of carbonyl (C=O) groups excluding carboxylic acids is 1. The summed E-state index contributed by atoms with van der Waals surface area (Å²) in [6.45, 7) is 5.30. The van der Waals surface area contributed by atoms with Crippen molar-refractivity contribution in [2.45, 2.75) is 44.8 Å². The summed E-state index contributed by atoms with van der Waals surface area (Å²) < 4.78 is 13.0. The molecule has 0 bridgehead atoms. The van der Waals surface area contributed by atoms with Crippen LogP contribution in [0.4, 0.5) is 17.5 Å². The predicted octanol–water partition coefficient (Wildman–Crippen LogP) is 4.00. The summed E-state index contributed by atoms with van der Waals surface area (Å²) in [6, 6.07) is 16.6. The van der Waals surface area contributed by atoms with Gasteiger partial charge >= 0.3 is 0 Å². The molecule has 7 rings (SSSR count).